The van der Waals surface area contributed by atoms with Gasteiger partial charge in [-0.15, -0.1) is 0 Å². The van der Waals surface area contributed by atoms with Gasteiger partial charge in [0.2, 0.25) is 15.9 Å². The van der Waals surface area contributed by atoms with Crippen molar-refractivity contribution in [2.24, 2.45) is 0 Å². The van der Waals surface area contributed by atoms with Crippen molar-refractivity contribution in [3.05, 3.63) is 58.6 Å². The fourth-order valence-electron chi connectivity index (χ4n) is 3.78. The second-order valence-electron chi connectivity index (χ2n) is 7.06. The van der Waals surface area contributed by atoms with E-state index in [1.54, 1.807) is 24.3 Å². The highest BCUT2D eigenvalue weighted by Gasteiger charge is 2.31. The number of anilines is 1. The van der Waals surface area contributed by atoms with Crippen LogP contribution in [0.3, 0.4) is 0 Å². The maximum Gasteiger partial charge on any atom is 0.243 e. The van der Waals surface area contributed by atoms with Gasteiger partial charge in [0.1, 0.15) is 0 Å². The Labute approximate surface area is 173 Å². The maximum absolute atomic E-state index is 12.8. The van der Waals surface area contributed by atoms with Crippen LogP contribution in [-0.4, -0.2) is 62.8 Å². The molecule has 0 aromatic heterocycles. The maximum atomic E-state index is 12.8. The number of amides is 1. The van der Waals surface area contributed by atoms with Crippen LogP contribution in [0.5, 0.6) is 0 Å². The summed E-state index contributed by atoms with van der Waals surface area (Å²) in [7, 11) is -3.51. The van der Waals surface area contributed by atoms with E-state index in [1.807, 2.05) is 28.0 Å². The molecule has 0 bridgehead atoms. The van der Waals surface area contributed by atoms with Crippen LogP contribution in [0.4, 0.5) is 5.69 Å². The number of halogens is 1. The van der Waals surface area contributed by atoms with E-state index in [-0.39, 0.29) is 5.91 Å². The number of fused-ring (bicyclic) bond motifs is 1. The molecule has 2 aliphatic rings. The number of carbonyl (C=O) groups is 1. The second kappa shape index (κ2) is 7.94. The van der Waals surface area contributed by atoms with Crippen molar-refractivity contribution in [3.8, 4) is 0 Å². The van der Waals surface area contributed by atoms with Crippen LogP contribution in [0.1, 0.15) is 5.56 Å². The van der Waals surface area contributed by atoms with E-state index >= 15 is 0 Å². The Morgan fingerprint density at radius 1 is 0.964 bits per heavy atom. The Balaban J connectivity index is 1.36. The Bertz CT molecular complexity index is 988. The van der Waals surface area contributed by atoms with Gasteiger partial charge in [-0.05, 0) is 36.2 Å². The van der Waals surface area contributed by atoms with Gasteiger partial charge in [0.15, 0.2) is 0 Å². The summed E-state index contributed by atoms with van der Waals surface area (Å²) in [6.07, 6.45) is 0.889. The zero-order chi connectivity index (χ0) is 19.7. The molecule has 2 aromatic carbocycles. The van der Waals surface area contributed by atoms with Crippen molar-refractivity contribution in [1.29, 1.82) is 0 Å². The highest BCUT2D eigenvalue weighted by molar-refractivity contribution is 9.10. The lowest BCUT2D eigenvalue weighted by Gasteiger charge is -2.34. The Morgan fingerprint density at radius 3 is 2.46 bits per heavy atom. The van der Waals surface area contributed by atoms with E-state index in [2.05, 4.69) is 22.0 Å². The highest BCUT2D eigenvalue weighted by atomic mass is 79.9. The van der Waals surface area contributed by atoms with Crippen LogP contribution in [0, 0.1) is 0 Å². The minimum atomic E-state index is -3.51. The lowest BCUT2D eigenvalue weighted by molar-refractivity contribution is -0.119. The molecule has 1 saturated heterocycles. The predicted octanol–water partition coefficient (Wildman–Crippen LogP) is 2.34. The normalized spacial score (nSPS) is 18.2. The zero-order valence-corrected chi connectivity index (χ0v) is 17.8. The third-order valence-corrected chi connectivity index (χ3v) is 7.70. The number of hydrogen-bond donors (Lipinski definition) is 0. The van der Waals surface area contributed by atoms with Crippen molar-refractivity contribution >= 4 is 37.5 Å². The van der Waals surface area contributed by atoms with Crippen molar-refractivity contribution < 1.29 is 13.2 Å². The molecule has 2 aromatic rings. The quantitative estimate of drug-likeness (QED) is 0.697. The second-order valence-corrected chi connectivity index (χ2v) is 9.92. The van der Waals surface area contributed by atoms with Gasteiger partial charge in [-0.1, -0.05) is 40.2 Å². The number of hydrogen-bond acceptors (Lipinski definition) is 4. The van der Waals surface area contributed by atoms with Crippen LogP contribution in [-0.2, 0) is 21.2 Å². The summed E-state index contributed by atoms with van der Waals surface area (Å²) in [6.45, 7) is 2.91. The van der Waals surface area contributed by atoms with Gasteiger partial charge in [-0.2, -0.15) is 4.31 Å². The first-order valence-electron chi connectivity index (χ1n) is 9.31. The predicted molar refractivity (Wildman–Crippen MR) is 112 cm³/mol. The molecule has 1 amide bonds. The minimum absolute atomic E-state index is 0.0771. The summed E-state index contributed by atoms with van der Waals surface area (Å²) in [5, 5.41) is 0. The number of sulfonamides is 1. The Kier molecular flexibility index (Phi) is 5.55. The summed E-state index contributed by atoms with van der Waals surface area (Å²) in [4.78, 5) is 16.9. The summed E-state index contributed by atoms with van der Waals surface area (Å²) in [6, 6.07) is 14.8. The lowest BCUT2D eigenvalue weighted by Crippen LogP contribution is -2.51. The molecule has 2 heterocycles. The monoisotopic (exact) mass is 463 g/mol. The molecule has 4 rings (SSSR count). The largest absolute Gasteiger partial charge is 0.311 e. The number of carbonyl (C=O) groups excluding carboxylic acids is 1. The first-order chi connectivity index (χ1) is 13.4. The molecule has 148 valence electrons. The van der Waals surface area contributed by atoms with Crippen molar-refractivity contribution in [1.82, 2.24) is 9.21 Å². The molecular weight excluding hydrogens is 442 g/mol. The fourth-order valence-corrected chi connectivity index (χ4v) is 5.80. The molecule has 0 N–H and O–H groups in total. The SMILES string of the molecule is O=C(CN1CCN(S(=O)(=O)c2cccc(Br)c2)CC1)N1CCc2ccccc21. The molecule has 0 radical (unpaired) electrons. The summed E-state index contributed by atoms with van der Waals surface area (Å²) >= 11 is 3.33. The third kappa shape index (κ3) is 3.87. The van der Waals surface area contributed by atoms with Crippen molar-refractivity contribution in [2.75, 3.05) is 44.2 Å². The third-order valence-electron chi connectivity index (χ3n) is 5.31. The van der Waals surface area contributed by atoms with E-state index in [0.29, 0.717) is 37.6 Å². The first-order valence-corrected chi connectivity index (χ1v) is 11.5. The van der Waals surface area contributed by atoms with E-state index in [0.717, 1.165) is 23.1 Å². The molecule has 0 spiro atoms. The molecule has 28 heavy (non-hydrogen) atoms. The van der Waals surface area contributed by atoms with Crippen molar-refractivity contribution in [3.63, 3.8) is 0 Å². The molecular formula is C20H22BrN3O3S. The van der Waals surface area contributed by atoms with Crippen LogP contribution >= 0.6 is 15.9 Å². The summed E-state index contributed by atoms with van der Waals surface area (Å²) < 4.78 is 27.9. The van der Waals surface area contributed by atoms with Gasteiger partial charge in [0.05, 0.1) is 11.4 Å². The Morgan fingerprint density at radius 2 is 1.71 bits per heavy atom. The van der Waals surface area contributed by atoms with E-state index in [9.17, 15) is 13.2 Å². The summed E-state index contributed by atoms with van der Waals surface area (Å²) in [5.74, 6) is 0.0771. The Hall–Kier alpha value is -1.74. The molecule has 0 saturated carbocycles. The topological polar surface area (TPSA) is 60.9 Å². The molecule has 2 aliphatic heterocycles. The fraction of sp³-hybridized carbons (Fsp3) is 0.350. The first kappa shape index (κ1) is 19.6. The van der Waals surface area contributed by atoms with Gasteiger partial charge in [0.25, 0.3) is 0 Å². The average Bonchev–Trinajstić information content (AvgIpc) is 3.13. The lowest BCUT2D eigenvalue weighted by atomic mass is 10.2. The zero-order valence-electron chi connectivity index (χ0n) is 15.4. The molecule has 0 unspecified atom stereocenters. The van der Waals surface area contributed by atoms with Crippen LogP contribution < -0.4 is 4.90 Å². The summed E-state index contributed by atoms with van der Waals surface area (Å²) in [5.41, 5.74) is 2.21. The standard InChI is InChI=1S/C20H22BrN3O3S/c21-17-5-3-6-18(14-17)28(26,27)23-12-10-22(11-13-23)15-20(25)24-9-8-16-4-1-2-7-19(16)24/h1-7,14H,8-13,15H2. The van der Waals surface area contributed by atoms with Gasteiger partial charge < -0.3 is 4.90 Å². The van der Waals surface area contributed by atoms with Crippen LogP contribution in [0.15, 0.2) is 57.9 Å². The van der Waals surface area contributed by atoms with Gasteiger partial charge >= 0.3 is 0 Å². The van der Waals surface area contributed by atoms with Gasteiger partial charge in [0, 0.05) is 42.9 Å². The molecule has 0 atom stereocenters. The number of piperazine rings is 1. The number of rotatable bonds is 4. The number of nitrogens with zero attached hydrogens (tertiary/aromatic N) is 3. The number of para-hydroxylation sites is 1. The average molecular weight is 464 g/mol. The molecule has 1 fully saturated rings. The van der Waals surface area contributed by atoms with Crippen LogP contribution in [0.2, 0.25) is 0 Å². The van der Waals surface area contributed by atoms with Crippen LogP contribution in [0.25, 0.3) is 0 Å². The molecule has 8 heteroatoms. The van der Waals surface area contributed by atoms with E-state index < -0.39 is 10.0 Å². The number of benzene rings is 2. The molecule has 0 aliphatic carbocycles. The molecule has 6 nitrogen and oxygen atoms in total. The van der Waals surface area contributed by atoms with E-state index in [4.69, 9.17) is 0 Å². The van der Waals surface area contributed by atoms with Gasteiger partial charge in [-0.3, -0.25) is 9.69 Å². The smallest absolute Gasteiger partial charge is 0.243 e. The highest BCUT2D eigenvalue weighted by Crippen LogP contribution is 2.27. The minimum Gasteiger partial charge on any atom is -0.311 e. The van der Waals surface area contributed by atoms with Gasteiger partial charge in [-0.25, -0.2) is 8.42 Å². The van der Waals surface area contributed by atoms with E-state index in [1.165, 1.54) is 9.87 Å². The van der Waals surface area contributed by atoms with Crippen molar-refractivity contribution in [2.45, 2.75) is 11.3 Å².